The third-order valence-corrected chi connectivity index (χ3v) is 15.2. The molecule has 498 valence electrons. The number of aliphatic hydroxyl groups excluding tert-OH is 1. The Morgan fingerprint density at radius 3 is 1.81 bits per heavy atom. The topological polar surface area (TPSA) is 507 Å². The van der Waals surface area contributed by atoms with E-state index in [1.807, 2.05) is 29.0 Å². The van der Waals surface area contributed by atoms with Crippen LogP contribution in [-0.2, 0) is 71.9 Å². The lowest BCUT2D eigenvalue weighted by Gasteiger charge is -2.34. The number of carbonyl (C=O) groups is 15. The zero-order valence-corrected chi connectivity index (χ0v) is 51.8. The molecule has 89 heavy (non-hydrogen) atoms. The number of nitrogens with zero attached hydrogens (tertiary/aromatic N) is 1. The van der Waals surface area contributed by atoms with E-state index in [4.69, 9.17) is 5.73 Å². The van der Waals surface area contributed by atoms with Crippen LogP contribution in [0.2, 0.25) is 0 Å². The van der Waals surface area contributed by atoms with Crippen molar-refractivity contribution in [3.63, 3.8) is 0 Å². The van der Waals surface area contributed by atoms with Crippen molar-refractivity contribution < 1.29 is 97.5 Å². The number of allylic oxidation sites excluding steroid dienone is 3. The predicted octanol–water partition coefficient (Wildman–Crippen LogP) is -3.52. The highest BCUT2D eigenvalue weighted by molar-refractivity contribution is 6.02. The number of carboxylic acids is 4. The molecular formula is C57H90N12O20. The lowest BCUT2D eigenvalue weighted by Crippen LogP contribution is -2.65. The number of nitrogens with one attached hydrogen (secondary N) is 10. The summed E-state index contributed by atoms with van der Waals surface area (Å²) in [5.74, 6) is -25.6. The molecule has 0 aliphatic carbocycles. The Hall–Kier alpha value is -8.55. The number of amides is 11. The maximum Gasteiger partial charge on any atom is 0.335 e. The van der Waals surface area contributed by atoms with Gasteiger partial charge in [0.05, 0.1) is 30.8 Å². The van der Waals surface area contributed by atoms with Crippen molar-refractivity contribution >= 4 is 88.9 Å². The fourth-order valence-electron chi connectivity index (χ4n) is 9.41. The second-order valence-corrected chi connectivity index (χ2v) is 23.2. The molecule has 0 aromatic carbocycles. The second-order valence-electron chi connectivity index (χ2n) is 23.2. The third kappa shape index (κ3) is 24.2. The molecule has 11 amide bonds. The van der Waals surface area contributed by atoms with E-state index in [0.717, 1.165) is 37.7 Å². The van der Waals surface area contributed by atoms with Crippen molar-refractivity contribution in [1.82, 2.24) is 58.1 Å². The first-order valence-electron chi connectivity index (χ1n) is 29.5. The third-order valence-electron chi connectivity index (χ3n) is 15.2. The SMILES string of the molecule is CCC(C)CC/C=C\C=C\C(=O)N[C@@H](C(=O)N[C@H]1C(=O)N[C@@H](C(C)C)C(=O)N[C@H](CCCCN)C(=O)N[C@H](C(O)C(=O)O)C(=O)N[C@H](CC(=O)O)C(=O)NCC(=O)N[C@@H](C(C)C(=O)O)C(=O)N[C@H](C(C)C)C(=O)N2C[C@@H](C)C[C@H]2C(=O)NC1C)C(C)C(=O)O. The van der Waals surface area contributed by atoms with Gasteiger partial charge in [0.15, 0.2) is 6.10 Å². The van der Waals surface area contributed by atoms with Gasteiger partial charge in [-0.25, -0.2) is 4.79 Å². The van der Waals surface area contributed by atoms with Gasteiger partial charge in [0.25, 0.3) is 0 Å². The van der Waals surface area contributed by atoms with Gasteiger partial charge in [-0.15, -0.1) is 0 Å². The van der Waals surface area contributed by atoms with Crippen LogP contribution in [0, 0.1) is 35.5 Å². The van der Waals surface area contributed by atoms with Crippen molar-refractivity contribution in [2.24, 2.45) is 41.2 Å². The van der Waals surface area contributed by atoms with Gasteiger partial charge >= 0.3 is 23.9 Å². The molecule has 32 heteroatoms. The van der Waals surface area contributed by atoms with E-state index in [1.165, 1.54) is 40.7 Å². The molecule has 0 spiro atoms. The van der Waals surface area contributed by atoms with E-state index in [9.17, 15) is 97.5 Å². The number of carbonyl (C=O) groups excluding carboxylic acids is 11. The van der Waals surface area contributed by atoms with Crippen LogP contribution in [-0.4, -0.2) is 205 Å². The summed E-state index contributed by atoms with van der Waals surface area (Å²) in [7, 11) is 0. The standard InChI is InChI=1S/C57H90N12O20/c1-11-28(6)18-14-12-13-15-20-36(70)63-41(30(8)55(84)85)51(80)67-43-32(10)60-48(77)35-22-29(7)25-69(35)54(83)40(27(4)5)66-50(79)42(31(9)56(86)87)64-37(71)24-59-46(75)34(23-38(72)73)62-53(82)44(45(74)57(88)89)68-47(76)33(19-16-17-21-58)61-49(78)39(26(2)3)65-52(43)81/h12-13,15,20,26-35,39-45,74H,11,14,16-19,21-25,58H2,1-10H3,(H,59,75)(H,60,77)(H,61,78)(H,62,82)(H,63,70)(H,64,71)(H,65,81)(H,66,79)(H,67,80)(H,68,76)(H,72,73)(H,84,85)(H,86,87)(H,88,89)/b13-12-,20-15+/t28?,29-,30?,31?,32?,33+,34+,35-,39-,40+,41+,42-,43+,44+,45?/m0/s1. The molecule has 32 nitrogen and oxygen atoms in total. The number of carboxylic acid groups (broad SMARTS) is 4. The number of hydrogen-bond acceptors (Lipinski definition) is 17. The molecule has 2 heterocycles. The van der Waals surface area contributed by atoms with Gasteiger partial charge in [-0.2, -0.15) is 0 Å². The first-order valence-corrected chi connectivity index (χ1v) is 29.5. The largest absolute Gasteiger partial charge is 0.481 e. The van der Waals surface area contributed by atoms with Crippen LogP contribution < -0.4 is 58.9 Å². The normalized spacial score (nSPS) is 26.1. The lowest BCUT2D eigenvalue weighted by atomic mass is 9.97. The lowest BCUT2D eigenvalue weighted by molar-refractivity contribution is -0.153. The van der Waals surface area contributed by atoms with Gasteiger partial charge in [-0.05, 0) is 89.5 Å². The smallest absolute Gasteiger partial charge is 0.335 e. The van der Waals surface area contributed by atoms with Crippen molar-refractivity contribution in [2.45, 2.75) is 187 Å². The molecule has 2 aliphatic rings. The Morgan fingerprint density at radius 1 is 0.663 bits per heavy atom. The first-order chi connectivity index (χ1) is 41.6. The van der Waals surface area contributed by atoms with E-state index >= 15 is 0 Å². The van der Waals surface area contributed by atoms with E-state index in [2.05, 4.69) is 44.1 Å². The molecule has 2 aliphatic heterocycles. The summed E-state index contributed by atoms with van der Waals surface area (Å²) in [6.45, 7) is 13.9. The summed E-state index contributed by atoms with van der Waals surface area (Å²) in [6, 6.07) is -18.6. The van der Waals surface area contributed by atoms with Gasteiger partial charge in [0.2, 0.25) is 65.0 Å². The summed E-state index contributed by atoms with van der Waals surface area (Å²) in [5, 5.41) is 73.2. The first kappa shape index (κ1) is 76.5. The fourth-order valence-corrected chi connectivity index (χ4v) is 9.41. The number of unbranched alkanes of at least 4 members (excludes halogenated alkanes) is 1. The minimum Gasteiger partial charge on any atom is -0.481 e. The van der Waals surface area contributed by atoms with E-state index in [0.29, 0.717) is 12.3 Å². The monoisotopic (exact) mass is 1260 g/mol. The highest BCUT2D eigenvalue weighted by atomic mass is 16.4. The Kier molecular flexibility index (Phi) is 31.6. The molecule has 0 aromatic heterocycles. The van der Waals surface area contributed by atoms with Crippen molar-refractivity contribution in [3.8, 4) is 0 Å². The molecule has 15 atom stereocenters. The zero-order chi connectivity index (χ0) is 67.7. The summed E-state index contributed by atoms with van der Waals surface area (Å²) in [6.07, 6.45) is 4.14. The van der Waals surface area contributed by atoms with Crippen LogP contribution in [0.5, 0.6) is 0 Å². The van der Waals surface area contributed by atoms with Gasteiger partial charge < -0.3 is 89.3 Å². The Morgan fingerprint density at radius 2 is 1.25 bits per heavy atom. The molecule has 0 bridgehead atoms. The Bertz CT molecular complexity index is 2650. The number of fused-ring (bicyclic) bond motifs is 1. The minimum atomic E-state index is -2.84. The highest BCUT2D eigenvalue weighted by Crippen LogP contribution is 2.26. The molecule has 2 saturated heterocycles. The number of rotatable bonds is 23. The van der Waals surface area contributed by atoms with Gasteiger partial charge in [-0.3, -0.25) is 67.1 Å². The van der Waals surface area contributed by atoms with Crippen LogP contribution in [0.4, 0.5) is 0 Å². The van der Waals surface area contributed by atoms with Crippen LogP contribution >= 0.6 is 0 Å². The molecule has 0 aromatic rings. The average Bonchev–Trinajstić information content (AvgIpc) is 2.39. The number of aliphatic carboxylic acids is 4. The summed E-state index contributed by atoms with van der Waals surface area (Å²) in [4.78, 5) is 205. The Labute approximate surface area is 515 Å². The van der Waals surface area contributed by atoms with Crippen LogP contribution in [0.1, 0.15) is 121 Å². The molecule has 0 radical (unpaired) electrons. The molecule has 2 rings (SSSR count). The van der Waals surface area contributed by atoms with Crippen molar-refractivity contribution in [3.05, 3.63) is 24.3 Å². The maximum absolute atomic E-state index is 14.8. The Balaban J connectivity index is 2.96. The van der Waals surface area contributed by atoms with Crippen LogP contribution in [0.3, 0.4) is 0 Å². The summed E-state index contributed by atoms with van der Waals surface area (Å²) >= 11 is 0. The van der Waals surface area contributed by atoms with Crippen molar-refractivity contribution in [2.75, 3.05) is 19.6 Å². The maximum atomic E-state index is 14.8. The van der Waals surface area contributed by atoms with Gasteiger partial charge in [0, 0.05) is 12.6 Å². The van der Waals surface area contributed by atoms with E-state index < -0.39 is 198 Å². The summed E-state index contributed by atoms with van der Waals surface area (Å²) < 4.78 is 0. The summed E-state index contributed by atoms with van der Waals surface area (Å²) in [5.41, 5.74) is 5.69. The molecule has 5 unspecified atom stereocenters. The van der Waals surface area contributed by atoms with Gasteiger partial charge in [-0.1, -0.05) is 73.1 Å². The molecule has 0 saturated carbocycles. The van der Waals surface area contributed by atoms with Crippen LogP contribution in [0.15, 0.2) is 24.3 Å². The molecule has 2 fully saturated rings. The fraction of sp³-hybridized carbons (Fsp3) is 0.667. The molecular weight excluding hydrogens is 1170 g/mol. The highest BCUT2D eigenvalue weighted by Gasteiger charge is 2.45. The second kappa shape index (κ2) is 36.7. The quantitative estimate of drug-likeness (QED) is 0.0268. The van der Waals surface area contributed by atoms with E-state index in [-0.39, 0.29) is 38.8 Å². The van der Waals surface area contributed by atoms with E-state index in [1.54, 1.807) is 13.0 Å². The zero-order valence-electron chi connectivity index (χ0n) is 51.8. The van der Waals surface area contributed by atoms with Gasteiger partial charge in [0.1, 0.15) is 54.4 Å². The predicted molar refractivity (Wildman–Crippen MR) is 314 cm³/mol. The number of hydrogen-bond donors (Lipinski definition) is 16. The number of aliphatic hydroxyl groups is 1. The molecule has 17 N–H and O–H groups in total. The average molecular weight is 1260 g/mol. The van der Waals surface area contributed by atoms with Crippen LogP contribution in [0.25, 0.3) is 0 Å². The van der Waals surface area contributed by atoms with Crippen molar-refractivity contribution in [1.29, 1.82) is 0 Å². The minimum absolute atomic E-state index is 0.0276. The number of nitrogens with two attached hydrogens (primary N) is 1.